The molecule has 1 saturated carbocycles. The van der Waals surface area contributed by atoms with Crippen molar-refractivity contribution < 1.29 is 4.42 Å². The molecule has 18 heavy (non-hydrogen) atoms. The molecule has 1 aliphatic rings. The van der Waals surface area contributed by atoms with E-state index >= 15 is 0 Å². The first-order chi connectivity index (χ1) is 8.57. The van der Waals surface area contributed by atoms with Crippen LogP contribution in [0.3, 0.4) is 0 Å². The standard InChI is InChI=1S/C14H25N3O/c1-4-11(15)12-16-17-13(18-12)14(9-10(2)3)7-5-6-8-14/h10-11H,4-9,15H2,1-3H3. The largest absolute Gasteiger partial charge is 0.423 e. The summed E-state index contributed by atoms with van der Waals surface area (Å²) in [6, 6.07) is -0.122. The number of rotatable bonds is 5. The van der Waals surface area contributed by atoms with Gasteiger partial charge >= 0.3 is 0 Å². The van der Waals surface area contributed by atoms with Crippen LogP contribution in [-0.4, -0.2) is 10.2 Å². The van der Waals surface area contributed by atoms with E-state index < -0.39 is 0 Å². The Labute approximate surface area is 109 Å². The van der Waals surface area contributed by atoms with Crippen molar-refractivity contribution >= 4 is 0 Å². The van der Waals surface area contributed by atoms with Crippen molar-refractivity contribution in [3.05, 3.63) is 11.8 Å². The molecule has 102 valence electrons. The quantitative estimate of drug-likeness (QED) is 0.871. The van der Waals surface area contributed by atoms with E-state index in [1.54, 1.807) is 0 Å². The second-order valence-electron chi connectivity index (χ2n) is 6.05. The molecule has 1 heterocycles. The first-order valence-electron chi connectivity index (χ1n) is 7.17. The van der Waals surface area contributed by atoms with Crippen LogP contribution in [0.4, 0.5) is 0 Å². The fraction of sp³-hybridized carbons (Fsp3) is 0.857. The van der Waals surface area contributed by atoms with Crippen molar-refractivity contribution in [1.82, 2.24) is 10.2 Å². The van der Waals surface area contributed by atoms with Gasteiger partial charge in [-0.05, 0) is 31.6 Å². The van der Waals surface area contributed by atoms with Crippen molar-refractivity contribution in [1.29, 1.82) is 0 Å². The Morgan fingerprint density at radius 1 is 1.28 bits per heavy atom. The number of nitrogens with zero attached hydrogens (tertiary/aromatic N) is 2. The Kier molecular flexibility index (Phi) is 4.05. The minimum Gasteiger partial charge on any atom is -0.423 e. The molecule has 0 bridgehead atoms. The van der Waals surface area contributed by atoms with Gasteiger partial charge < -0.3 is 10.2 Å². The van der Waals surface area contributed by atoms with Crippen LogP contribution in [0.5, 0.6) is 0 Å². The second-order valence-corrected chi connectivity index (χ2v) is 6.05. The van der Waals surface area contributed by atoms with Crippen LogP contribution < -0.4 is 5.73 Å². The molecule has 0 saturated heterocycles. The third kappa shape index (κ3) is 2.58. The lowest BCUT2D eigenvalue weighted by molar-refractivity contribution is 0.263. The number of hydrogen-bond donors (Lipinski definition) is 1. The van der Waals surface area contributed by atoms with Crippen LogP contribution in [0.2, 0.25) is 0 Å². The molecular weight excluding hydrogens is 226 g/mol. The summed E-state index contributed by atoms with van der Waals surface area (Å²) in [5.74, 6) is 2.08. The Bertz CT molecular complexity index is 380. The number of aromatic nitrogens is 2. The topological polar surface area (TPSA) is 64.9 Å². The van der Waals surface area contributed by atoms with Crippen LogP contribution in [0, 0.1) is 5.92 Å². The maximum atomic E-state index is 5.95. The Morgan fingerprint density at radius 3 is 2.50 bits per heavy atom. The molecule has 1 aliphatic carbocycles. The smallest absolute Gasteiger partial charge is 0.233 e. The first kappa shape index (κ1) is 13.5. The van der Waals surface area contributed by atoms with E-state index in [0.29, 0.717) is 11.8 Å². The summed E-state index contributed by atoms with van der Waals surface area (Å²) in [6.07, 6.45) is 6.85. The molecule has 2 rings (SSSR count). The Morgan fingerprint density at radius 2 is 1.94 bits per heavy atom. The van der Waals surface area contributed by atoms with Gasteiger partial charge in [-0.1, -0.05) is 33.6 Å². The maximum Gasteiger partial charge on any atom is 0.233 e. The lowest BCUT2D eigenvalue weighted by Crippen LogP contribution is -2.24. The van der Waals surface area contributed by atoms with E-state index in [1.165, 1.54) is 25.7 Å². The van der Waals surface area contributed by atoms with Crippen LogP contribution in [-0.2, 0) is 5.41 Å². The predicted octanol–water partition coefficient (Wildman–Crippen LogP) is 3.34. The zero-order chi connectivity index (χ0) is 13.2. The molecule has 4 heteroatoms. The first-order valence-corrected chi connectivity index (χ1v) is 7.17. The summed E-state index contributed by atoms with van der Waals surface area (Å²) < 4.78 is 5.88. The normalized spacial score (nSPS) is 20.5. The molecule has 1 atom stereocenters. The van der Waals surface area contributed by atoms with Gasteiger partial charge in [0.05, 0.1) is 6.04 Å². The van der Waals surface area contributed by atoms with Gasteiger partial charge in [0.2, 0.25) is 11.8 Å². The van der Waals surface area contributed by atoms with E-state index in [0.717, 1.165) is 18.7 Å². The molecule has 1 fully saturated rings. The molecular formula is C14H25N3O. The molecule has 4 nitrogen and oxygen atoms in total. The lowest BCUT2D eigenvalue weighted by Gasteiger charge is -2.26. The summed E-state index contributed by atoms with van der Waals surface area (Å²) in [5.41, 5.74) is 6.07. The maximum absolute atomic E-state index is 5.95. The van der Waals surface area contributed by atoms with E-state index in [2.05, 4.69) is 24.0 Å². The van der Waals surface area contributed by atoms with Crippen molar-refractivity contribution in [2.45, 2.75) is 70.8 Å². The van der Waals surface area contributed by atoms with E-state index in [9.17, 15) is 0 Å². The van der Waals surface area contributed by atoms with Crippen LogP contribution in [0.1, 0.15) is 77.1 Å². The van der Waals surface area contributed by atoms with Crippen molar-refractivity contribution in [3.63, 3.8) is 0 Å². The van der Waals surface area contributed by atoms with Gasteiger partial charge in [0.15, 0.2) is 0 Å². The summed E-state index contributed by atoms with van der Waals surface area (Å²) >= 11 is 0. The lowest BCUT2D eigenvalue weighted by atomic mass is 9.78. The predicted molar refractivity (Wildman–Crippen MR) is 71.1 cm³/mol. The van der Waals surface area contributed by atoms with Crippen molar-refractivity contribution in [2.75, 3.05) is 0 Å². The Hall–Kier alpha value is -0.900. The summed E-state index contributed by atoms with van der Waals surface area (Å²) in [4.78, 5) is 0. The molecule has 0 aromatic carbocycles. The number of nitrogens with two attached hydrogens (primary N) is 1. The molecule has 1 aromatic rings. The second kappa shape index (κ2) is 5.39. The molecule has 1 unspecified atom stereocenters. The van der Waals surface area contributed by atoms with Gasteiger partial charge in [0, 0.05) is 5.41 Å². The fourth-order valence-electron chi connectivity index (χ4n) is 3.11. The minimum absolute atomic E-state index is 0.118. The van der Waals surface area contributed by atoms with Gasteiger partial charge in [-0.15, -0.1) is 10.2 Å². The Balaban J connectivity index is 2.23. The molecule has 1 aromatic heterocycles. The SMILES string of the molecule is CCC(N)c1nnc(C2(CC(C)C)CCCC2)o1. The van der Waals surface area contributed by atoms with Gasteiger partial charge in [0.1, 0.15) is 0 Å². The summed E-state index contributed by atoms with van der Waals surface area (Å²) in [6.45, 7) is 6.55. The average molecular weight is 251 g/mol. The molecule has 0 amide bonds. The van der Waals surface area contributed by atoms with Crippen molar-refractivity contribution in [3.8, 4) is 0 Å². The van der Waals surface area contributed by atoms with E-state index in [1.807, 2.05) is 6.92 Å². The molecule has 0 radical (unpaired) electrons. The highest BCUT2D eigenvalue weighted by Gasteiger charge is 2.41. The van der Waals surface area contributed by atoms with Crippen LogP contribution in [0.15, 0.2) is 4.42 Å². The van der Waals surface area contributed by atoms with E-state index in [4.69, 9.17) is 10.2 Å². The number of hydrogen-bond acceptors (Lipinski definition) is 4. The van der Waals surface area contributed by atoms with Crippen LogP contribution in [0.25, 0.3) is 0 Å². The average Bonchev–Trinajstić information content (AvgIpc) is 2.96. The molecule has 2 N–H and O–H groups in total. The van der Waals surface area contributed by atoms with Gasteiger partial charge in [0.25, 0.3) is 0 Å². The highest BCUT2D eigenvalue weighted by molar-refractivity contribution is 5.08. The van der Waals surface area contributed by atoms with Gasteiger partial charge in [-0.2, -0.15) is 0 Å². The fourth-order valence-corrected chi connectivity index (χ4v) is 3.11. The van der Waals surface area contributed by atoms with Gasteiger partial charge in [-0.25, -0.2) is 0 Å². The highest BCUT2D eigenvalue weighted by atomic mass is 16.4. The monoisotopic (exact) mass is 251 g/mol. The van der Waals surface area contributed by atoms with Crippen molar-refractivity contribution in [2.24, 2.45) is 11.7 Å². The van der Waals surface area contributed by atoms with E-state index in [-0.39, 0.29) is 11.5 Å². The minimum atomic E-state index is -0.122. The highest BCUT2D eigenvalue weighted by Crippen LogP contribution is 2.45. The molecule has 0 spiro atoms. The summed E-state index contributed by atoms with van der Waals surface area (Å²) in [7, 11) is 0. The third-order valence-electron chi connectivity index (χ3n) is 4.01. The zero-order valence-corrected chi connectivity index (χ0v) is 11.8. The van der Waals surface area contributed by atoms with Crippen LogP contribution >= 0.6 is 0 Å². The van der Waals surface area contributed by atoms with Gasteiger partial charge in [-0.3, -0.25) is 0 Å². The third-order valence-corrected chi connectivity index (χ3v) is 4.01. The zero-order valence-electron chi connectivity index (χ0n) is 11.8. The summed E-state index contributed by atoms with van der Waals surface area (Å²) in [5, 5.41) is 8.44. The molecule has 0 aliphatic heterocycles.